The summed E-state index contributed by atoms with van der Waals surface area (Å²) < 4.78 is 19.5. The number of nitrogens with one attached hydrogen (secondary N) is 1. The van der Waals surface area contributed by atoms with Gasteiger partial charge in [0.25, 0.3) is 0 Å². The van der Waals surface area contributed by atoms with Crippen molar-refractivity contribution in [2.24, 2.45) is 0 Å². The van der Waals surface area contributed by atoms with E-state index in [0.29, 0.717) is 27.5 Å². The topological polar surface area (TPSA) is 47.0 Å². The molecular weight excluding hydrogens is 301 g/mol. The molecule has 0 atom stereocenters. The van der Waals surface area contributed by atoms with E-state index in [1.165, 1.54) is 12.4 Å². The van der Waals surface area contributed by atoms with Crippen LogP contribution in [0.2, 0.25) is 0 Å². The van der Waals surface area contributed by atoms with Crippen LogP contribution in [0.15, 0.2) is 29.0 Å². The third kappa shape index (κ3) is 2.59. The van der Waals surface area contributed by atoms with Gasteiger partial charge in [0.1, 0.15) is 28.2 Å². The zero-order valence-electron chi connectivity index (χ0n) is 9.87. The van der Waals surface area contributed by atoms with E-state index in [2.05, 4.69) is 31.2 Å². The van der Waals surface area contributed by atoms with Crippen molar-refractivity contribution in [1.29, 1.82) is 0 Å². The Morgan fingerprint density at radius 3 is 2.78 bits per heavy atom. The van der Waals surface area contributed by atoms with E-state index in [1.54, 1.807) is 26.1 Å². The standard InChI is InChI=1S/C12H11BrFN3O/c1-7-3-4-8(5-9(7)14)18-12-10(13)11(15-2)16-6-17-12/h3-6H,1-2H3,(H,15,16,17). The normalized spacial score (nSPS) is 10.2. The summed E-state index contributed by atoms with van der Waals surface area (Å²) in [5.41, 5.74) is 0.569. The number of nitrogens with zero attached hydrogens (tertiary/aromatic N) is 2. The molecular formula is C12H11BrFN3O. The number of aryl methyl sites for hydroxylation is 1. The van der Waals surface area contributed by atoms with Crippen LogP contribution in [0.4, 0.5) is 10.2 Å². The van der Waals surface area contributed by atoms with E-state index in [4.69, 9.17) is 4.74 Å². The van der Waals surface area contributed by atoms with Gasteiger partial charge < -0.3 is 10.1 Å². The minimum absolute atomic E-state index is 0.313. The Kier molecular flexibility index (Phi) is 3.76. The largest absolute Gasteiger partial charge is 0.438 e. The summed E-state index contributed by atoms with van der Waals surface area (Å²) in [5, 5.41) is 2.89. The summed E-state index contributed by atoms with van der Waals surface area (Å²) in [6.45, 7) is 1.69. The van der Waals surface area contributed by atoms with Crippen molar-refractivity contribution in [2.45, 2.75) is 6.92 Å². The second kappa shape index (κ2) is 5.30. The molecule has 1 aromatic heterocycles. The Morgan fingerprint density at radius 2 is 2.11 bits per heavy atom. The average molecular weight is 312 g/mol. The first-order valence-corrected chi connectivity index (χ1v) is 6.03. The summed E-state index contributed by atoms with van der Waals surface area (Å²) in [6, 6.07) is 4.66. The predicted octanol–water partition coefficient (Wildman–Crippen LogP) is 3.52. The maximum atomic E-state index is 13.4. The number of ether oxygens (including phenoxy) is 1. The second-order valence-electron chi connectivity index (χ2n) is 3.60. The van der Waals surface area contributed by atoms with Crippen LogP contribution in [0.3, 0.4) is 0 Å². The Hall–Kier alpha value is -1.69. The van der Waals surface area contributed by atoms with Crippen LogP contribution >= 0.6 is 15.9 Å². The highest BCUT2D eigenvalue weighted by Gasteiger charge is 2.10. The number of anilines is 1. The van der Waals surface area contributed by atoms with E-state index in [-0.39, 0.29) is 5.82 Å². The van der Waals surface area contributed by atoms with Gasteiger partial charge in [0.05, 0.1) is 0 Å². The summed E-state index contributed by atoms with van der Waals surface area (Å²) in [5.74, 6) is 1.01. The number of hydrogen-bond donors (Lipinski definition) is 1. The fourth-order valence-electron chi connectivity index (χ4n) is 1.35. The quantitative estimate of drug-likeness (QED) is 0.942. The van der Waals surface area contributed by atoms with Gasteiger partial charge in [0.2, 0.25) is 5.88 Å². The van der Waals surface area contributed by atoms with E-state index in [0.717, 1.165) is 0 Å². The zero-order chi connectivity index (χ0) is 13.1. The molecule has 94 valence electrons. The average Bonchev–Trinajstić information content (AvgIpc) is 2.36. The van der Waals surface area contributed by atoms with Crippen molar-refractivity contribution < 1.29 is 9.13 Å². The number of benzene rings is 1. The van der Waals surface area contributed by atoms with E-state index < -0.39 is 0 Å². The predicted molar refractivity (Wildman–Crippen MR) is 70.5 cm³/mol. The van der Waals surface area contributed by atoms with Crippen molar-refractivity contribution in [3.8, 4) is 11.6 Å². The van der Waals surface area contributed by atoms with Crippen LogP contribution in [0.1, 0.15) is 5.56 Å². The second-order valence-corrected chi connectivity index (χ2v) is 4.40. The lowest BCUT2D eigenvalue weighted by Gasteiger charge is -2.09. The highest BCUT2D eigenvalue weighted by molar-refractivity contribution is 9.10. The fraction of sp³-hybridized carbons (Fsp3) is 0.167. The number of aromatic nitrogens is 2. The molecule has 0 aliphatic rings. The molecule has 0 amide bonds. The van der Waals surface area contributed by atoms with Crippen molar-refractivity contribution >= 4 is 21.7 Å². The van der Waals surface area contributed by atoms with Crippen LogP contribution in [-0.4, -0.2) is 17.0 Å². The van der Waals surface area contributed by atoms with Crippen molar-refractivity contribution in [2.75, 3.05) is 12.4 Å². The lowest BCUT2D eigenvalue weighted by atomic mass is 10.2. The van der Waals surface area contributed by atoms with Gasteiger partial charge in [-0.2, -0.15) is 0 Å². The SMILES string of the molecule is CNc1ncnc(Oc2ccc(C)c(F)c2)c1Br. The summed E-state index contributed by atoms with van der Waals surface area (Å²) in [4.78, 5) is 8.00. The molecule has 18 heavy (non-hydrogen) atoms. The molecule has 0 fully saturated rings. The maximum absolute atomic E-state index is 13.4. The molecule has 6 heteroatoms. The summed E-state index contributed by atoms with van der Waals surface area (Å²) in [7, 11) is 1.74. The highest BCUT2D eigenvalue weighted by atomic mass is 79.9. The van der Waals surface area contributed by atoms with Crippen LogP contribution in [0.5, 0.6) is 11.6 Å². The Balaban J connectivity index is 2.31. The minimum atomic E-state index is -0.313. The summed E-state index contributed by atoms with van der Waals surface area (Å²) >= 11 is 3.33. The van der Waals surface area contributed by atoms with Gasteiger partial charge in [-0.1, -0.05) is 6.07 Å². The molecule has 0 spiro atoms. The van der Waals surface area contributed by atoms with Crippen molar-refractivity contribution in [3.05, 3.63) is 40.4 Å². The van der Waals surface area contributed by atoms with Crippen LogP contribution in [0.25, 0.3) is 0 Å². The van der Waals surface area contributed by atoms with Crippen LogP contribution < -0.4 is 10.1 Å². The molecule has 1 heterocycles. The van der Waals surface area contributed by atoms with Gasteiger partial charge in [-0.3, -0.25) is 0 Å². The third-order valence-electron chi connectivity index (χ3n) is 2.35. The molecule has 0 aliphatic heterocycles. The molecule has 1 N–H and O–H groups in total. The van der Waals surface area contributed by atoms with Gasteiger partial charge in [0, 0.05) is 13.1 Å². The molecule has 0 bridgehead atoms. The summed E-state index contributed by atoms with van der Waals surface area (Å²) in [6.07, 6.45) is 1.37. The molecule has 1 aromatic carbocycles. The fourth-order valence-corrected chi connectivity index (χ4v) is 1.83. The van der Waals surface area contributed by atoms with Crippen LogP contribution in [-0.2, 0) is 0 Å². The highest BCUT2D eigenvalue weighted by Crippen LogP contribution is 2.31. The lowest BCUT2D eigenvalue weighted by molar-refractivity contribution is 0.453. The molecule has 0 unspecified atom stereocenters. The molecule has 0 saturated carbocycles. The van der Waals surface area contributed by atoms with Gasteiger partial charge in [-0.05, 0) is 34.5 Å². The van der Waals surface area contributed by atoms with E-state index in [9.17, 15) is 4.39 Å². The number of hydrogen-bond acceptors (Lipinski definition) is 4. The molecule has 2 rings (SSSR count). The zero-order valence-corrected chi connectivity index (χ0v) is 11.5. The lowest BCUT2D eigenvalue weighted by Crippen LogP contribution is -1.98. The van der Waals surface area contributed by atoms with Gasteiger partial charge in [0.15, 0.2) is 0 Å². The smallest absolute Gasteiger partial charge is 0.238 e. The Bertz CT molecular complexity index is 577. The first-order chi connectivity index (χ1) is 8.61. The minimum Gasteiger partial charge on any atom is -0.438 e. The Morgan fingerprint density at radius 1 is 1.33 bits per heavy atom. The van der Waals surface area contributed by atoms with Gasteiger partial charge in [-0.25, -0.2) is 14.4 Å². The van der Waals surface area contributed by atoms with Crippen molar-refractivity contribution in [3.63, 3.8) is 0 Å². The molecule has 2 aromatic rings. The van der Waals surface area contributed by atoms with Gasteiger partial charge in [-0.15, -0.1) is 0 Å². The van der Waals surface area contributed by atoms with Crippen molar-refractivity contribution in [1.82, 2.24) is 9.97 Å². The molecule has 4 nitrogen and oxygen atoms in total. The van der Waals surface area contributed by atoms with Crippen LogP contribution in [0, 0.1) is 12.7 Å². The Labute approximate surface area is 112 Å². The number of halogens is 2. The maximum Gasteiger partial charge on any atom is 0.238 e. The third-order valence-corrected chi connectivity index (χ3v) is 3.07. The van der Waals surface area contributed by atoms with Gasteiger partial charge >= 0.3 is 0 Å². The van der Waals surface area contributed by atoms with E-state index >= 15 is 0 Å². The molecule has 0 saturated heterocycles. The monoisotopic (exact) mass is 311 g/mol. The molecule has 0 aliphatic carbocycles. The first kappa shape index (κ1) is 12.8. The molecule has 0 radical (unpaired) electrons. The first-order valence-electron chi connectivity index (χ1n) is 5.24. The van der Waals surface area contributed by atoms with E-state index in [1.807, 2.05) is 0 Å². The number of rotatable bonds is 3.